The van der Waals surface area contributed by atoms with Gasteiger partial charge in [0.15, 0.2) is 0 Å². The van der Waals surface area contributed by atoms with Gasteiger partial charge in [0.25, 0.3) is 0 Å². The summed E-state index contributed by atoms with van der Waals surface area (Å²) in [6, 6.07) is 18.0. The summed E-state index contributed by atoms with van der Waals surface area (Å²) in [7, 11) is 0. The van der Waals surface area contributed by atoms with Crippen molar-refractivity contribution < 1.29 is 9.59 Å². The normalized spacial score (nSPS) is 11.9. The quantitative estimate of drug-likeness (QED) is 0.462. The summed E-state index contributed by atoms with van der Waals surface area (Å²) < 4.78 is 0. The molecule has 0 aliphatic carbocycles. The van der Waals surface area contributed by atoms with Crippen molar-refractivity contribution in [1.82, 2.24) is 10.2 Å². The predicted octanol–water partition coefficient (Wildman–Crippen LogP) is 5.20. The Morgan fingerprint density at radius 1 is 1.03 bits per heavy atom. The first-order valence-electron chi connectivity index (χ1n) is 11.1. The van der Waals surface area contributed by atoms with Crippen molar-refractivity contribution in [1.29, 1.82) is 0 Å². The second kappa shape index (κ2) is 13.2. The molecule has 0 radical (unpaired) electrons. The Balaban J connectivity index is 2.05. The van der Waals surface area contributed by atoms with E-state index in [9.17, 15) is 9.59 Å². The van der Waals surface area contributed by atoms with Crippen LogP contribution in [0.15, 0.2) is 54.6 Å². The molecule has 31 heavy (non-hydrogen) atoms. The molecule has 0 saturated carbocycles. The lowest BCUT2D eigenvalue weighted by Gasteiger charge is -2.31. The highest BCUT2D eigenvalue weighted by atomic mass is 32.2. The molecule has 0 saturated heterocycles. The maximum absolute atomic E-state index is 13.2. The number of nitrogens with zero attached hydrogens (tertiary/aromatic N) is 1. The lowest BCUT2D eigenvalue weighted by Crippen LogP contribution is -2.49. The van der Waals surface area contributed by atoms with Crippen molar-refractivity contribution in [3.63, 3.8) is 0 Å². The number of benzene rings is 2. The number of amides is 2. The van der Waals surface area contributed by atoms with E-state index in [0.717, 1.165) is 22.6 Å². The molecule has 0 bridgehead atoms. The second-order valence-corrected chi connectivity index (χ2v) is 9.47. The fourth-order valence-corrected chi connectivity index (χ4v) is 4.31. The molecule has 5 heteroatoms. The van der Waals surface area contributed by atoms with E-state index in [1.54, 1.807) is 16.7 Å². The van der Waals surface area contributed by atoms with Crippen LogP contribution in [0.3, 0.4) is 0 Å². The fourth-order valence-electron chi connectivity index (χ4n) is 3.42. The van der Waals surface area contributed by atoms with Gasteiger partial charge in [0.1, 0.15) is 6.04 Å². The van der Waals surface area contributed by atoms with Gasteiger partial charge in [-0.1, -0.05) is 80.9 Å². The van der Waals surface area contributed by atoms with Crippen molar-refractivity contribution in [3.05, 3.63) is 71.3 Å². The Morgan fingerprint density at radius 2 is 1.74 bits per heavy atom. The molecule has 2 amide bonds. The van der Waals surface area contributed by atoms with Crippen molar-refractivity contribution in [2.45, 2.75) is 58.9 Å². The summed E-state index contributed by atoms with van der Waals surface area (Å²) in [4.78, 5) is 27.9. The topological polar surface area (TPSA) is 49.4 Å². The molecule has 0 aliphatic rings. The molecular formula is C26H36N2O2S. The fraction of sp³-hybridized carbons (Fsp3) is 0.462. The maximum Gasteiger partial charge on any atom is 0.242 e. The van der Waals surface area contributed by atoms with Crippen LogP contribution in [0.4, 0.5) is 0 Å². The van der Waals surface area contributed by atoms with E-state index < -0.39 is 6.04 Å². The van der Waals surface area contributed by atoms with E-state index in [1.165, 1.54) is 5.56 Å². The number of carbonyl (C=O) groups excluding carboxylic acids is 2. The average Bonchev–Trinajstić information content (AvgIpc) is 2.75. The number of hydrogen-bond donors (Lipinski definition) is 1. The Labute approximate surface area is 191 Å². The molecule has 2 aromatic rings. The summed E-state index contributed by atoms with van der Waals surface area (Å²) in [5, 5.41) is 3.02. The zero-order valence-electron chi connectivity index (χ0n) is 19.3. The first-order chi connectivity index (χ1) is 14.9. The Morgan fingerprint density at radius 3 is 2.39 bits per heavy atom. The van der Waals surface area contributed by atoms with Crippen LogP contribution in [0.25, 0.3) is 0 Å². The van der Waals surface area contributed by atoms with Crippen LogP contribution in [-0.2, 0) is 21.9 Å². The molecule has 0 heterocycles. The lowest BCUT2D eigenvalue weighted by molar-refractivity contribution is -0.141. The Kier molecular flexibility index (Phi) is 10.6. The van der Waals surface area contributed by atoms with Crippen molar-refractivity contribution in [2.24, 2.45) is 5.92 Å². The molecule has 2 aromatic carbocycles. The van der Waals surface area contributed by atoms with Crippen LogP contribution < -0.4 is 5.32 Å². The minimum Gasteiger partial charge on any atom is -0.354 e. The molecular weight excluding hydrogens is 404 g/mol. The van der Waals surface area contributed by atoms with Gasteiger partial charge in [0.05, 0.1) is 0 Å². The zero-order chi connectivity index (χ0) is 22.6. The Bertz CT molecular complexity index is 823. The summed E-state index contributed by atoms with van der Waals surface area (Å²) >= 11 is 1.75. The van der Waals surface area contributed by atoms with E-state index in [2.05, 4.69) is 37.4 Å². The third-order valence-corrected chi connectivity index (χ3v) is 6.11. The van der Waals surface area contributed by atoms with Crippen LogP contribution in [0.5, 0.6) is 0 Å². The number of hydrogen-bond acceptors (Lipinski definition) is 3. The summed E-state index contributed by atoms with van der Waals surface area (Å²) in [5.41, 5.74) is 3.47. The average molecular weight is 441 g/mol. The molecule has 1 N–H and O–H groups in total. The highest BCUT2D eigenvalue weighted by Gasteiger charge is 2.28. The third kappa shape index (κ3) is 8.78. The van der Waals surface area contributed by atoms with Crippen molar-refractivity contribution in [3.8, 4) is 0 Å². The van der Waals surface area contributed by atoms with Gasteiger partial charge < -0.3 is 10.2 Å². The van der Waals surface area contributed by atoms with Gasteiger partial charge in [0.2, 0.25) is 11.8 Å². The molecule has 0 spiro atoms. The van der Waals surface area contributed by atoms with E-state index in [4.69, 9.17) is 0 Å². The predicted molar refractivity (Wildman–Crippen MR) is 131 cm³/mol. The van der Waals surface area contributed by atoms with E-state index in [0.29, 0.717) is 31.8 Å². The highest BCUT2D eigenvalue weighted by Crippen LogP contribution is 2.18. The van der Waals surface area contributed by atoms with Crippen molar-refractivity contribution in [2.75, 3.05) is 12.3 Å². The number of rotatable bonds is 12. The molecule has 2 rings (SSSR count). The number of aryl methyl sites for hydroxylation is 1. The molecule has 0 aliphatic heterocycles. The molecule has 0 unspecified atom stereocenters. The van der Waals surface area contributed by atoms with E-state index >= 15 is 0 Å². The van der Waals surface area contributed by atoms with E-state index in [1.807, 2.05) is 50.2 Å². The van der Waals surface area contributed by atoms with Crippen LogP contribution in [0.2, 0.25) is 0 Å². The number of thioether (sulfide) groups is 1. The SMILES string of the molecule is CC[C@@H](C(=O)NCC(C)C)N(Cc1cccc(C)c1)C(=O)CCSCc1ccccc1. The highest BCUT2D eigenvalue weighted by molar-refractivity contribution is 7.98. The minimum atomic E-state index is -0.453. The zero-order valence-corrected chi connectivity index (χ0v) is 20.1. The largest absolute Gasteiger partial charge is 0.354 e. The number of nitrogens with one attached hydrogen (secondary N) is 1. The molecule has 4 nitrogen and oxygen atoms in total. The first kappa shape index (κ1) is 25.0. The molecule has 1 atom stereocenters. The summed E-state index contributed by atoms with van der Waals surface area (Å²) in [6.45, 7) is 9.23. The summed E-state index contributed by atoms with van der Waals surface area (Å²) in [5.74, 6) is 1.97. The standard InChI is InChI=1S/C26H36N2O2S/c1-5-24(26(30)27-17-20(2)3)28(18-23-13-9-10-21(4)16-23)25(29)14-15-31-19-22-11-7-6-8-12-22/h6-13,16,20,24H,5,14-15,17-19H2,1-4H3,(H,27,30)/t24-/m0/s1. The molecule has 0 fully saturated rings. The van der Waals surface area contributed by atoms with Crippen LogP contribution in [-0.4, -0.2) is 35.1 Å². The summed E-state index contributed by atoms with van der Waals surface area (Å²) in [6.07, 6.45) is 1.02. The second-order valence-electron chi connectivity index (χ2n) is 8.36. The van der Waals surface area contributed by atoms with Gasteiger partial charge >= 0.3 is 0 Å². The van der Waals surface area contributed by atoms with Crippen LogP contribution in [0.1, 0.15) is 50.3 Å². The van der Waals surface area contributed by atoms with Crippen LogP contribution >= 0.6 is 11.8 Å². The monoisotopic (exact) mass is 440 g/mol. The Hall–Kier alpha value is -2.27. The van der Waals surface area contributed by atoms with Gasteiger partial charge in [0, 0.05) is 31.0 Å². The van der Waals surface area contributed by atoms with Crippen LogP contribution in [0, 0.1) is 12.8 Å². The van der Waals surface area contributed by atoms with Gasteiger partial charge in [-0.05, 0) is 30.4 Å². The van der Waals surface area contributed by atoms with E-state index in [-0.39, 0.29) is 11.8 Å². The van der Waals surface area contributed by atoms with Crippen molar-refractivity contribution >= 4 is 23.6 Å². The first-order valence-corrected chi connectivity index (χ1v) is 12.3. The van der Waals surface area contributed by atoms with Gasteiger partial charge in [-0.15, -0.1) is 0 Å². The van der Waals surface area contributed by atoms with Gasteiger partial charge in [-0.3, -0.25) is 9.59 Å². The minimum absolute atomic E-state index is 0.0358. The lowest BCUT2D eigenvalue weighted by atomic mass is 10.1. The van der Waals surface area contributed by atoms with Gasteiger partial charge in [-0.2, -0.15) is 11.8 Å². The molecule has 0 aromatic heterocycles. The molecule has 168 valence electrons. The van der Waals surface area contributed by atoms with Gasteiger partial charge in [-0.25, -0.2) is 0 Å². The maximum atomic E-state index is 13.2. The number of carbonyl (C=O) groups is 2. The third-order valence-electron chi connectivity index (χ3n) is 5.08. The smallest absolute Gasteiger partial charge is 0.242 e.